The molecule has 42 heavy (non-hydrogen) atoms. The fraction of sp³-hybridized carbons (Fsp3) is 0.438. The molecule has 1 aliphatic rings. The molecule has 4 unspecified atom stereocenters. The molecule has 1 aliphatic heterocycles. The zero-order chi connectivity index (χ0) is 30.3. The van der Waals surface area contributed by atoms with E-state index in [-0.39, 0.29) is 33.6 Å². The van der Waals surface area contributed by atoms with E-state index in [4.69, 9.17) is 9.47 Å². The average Bonchev–Trinajstić information content (AvgIpc) is 3.01. The molecular formula is C32H40O4S6. The van der Waals surface area contributed by atoms with Crippen LogP contribution in [0.4, 0.5) is 0 Å². The molecule has 2 aromatic rings. The molecule has 1 fully saturated rings. The average molecular weight is 681 g/mol. The van der Waals surface area contributed by atoms with Gasteiger partial charge in [0.1, 0.15) is 12.2 Å². The van der Waals surface area contributed by atoms with Crippen molar-refractivity contribution in [2.75, 3.05) is 46.0 Å². The second-order valence-corrected chi connectivity index (χ2v) is 17.7. The van der Waals surface area contributed by atoms with Crippen molar-refractivity contribution >= 4 is 82.5 Å². The van der Waals surface area contributed by atoms with Crippen LogP contribution in [0.5, 0.6) is 0 Å². The van der Waals surface area contributed by atoms with Crippen molar-refractivity contribution in [2.45, 2.75) is 45.3 Å². The van der Waals surface area contributed by atoms with Crippen LogP contribution in [-0.4, -0.2) is 79.7 Å². The molecule has 4 atom stereocenters. The van der Waals surface area contributed by atoms with Crippen molar-refractivity contribution < 1.29 is 19.1 Å². The fourth-order valence-electron chi connectivity index (χ4n) is 3.79. The normalized spacial score (nSPS) is 21.6. The fourth-order valence-corrected chi connectivity index (χ4v) is 12.1. The molecule has 3 rings (SSSR count). The predicted molar refractivity (Wildman–Crippen MR) is 191 cm³/mol. The maximum atomic E-state index is 11.9. The van der Waals surface area contributed by atoms with Crippen LogP contribution in [0.2, 0.25) is 0 Å². The maximum absolute atomic E-state index is 11.9. The number of hydrogen-bond acceptors (Lipinski definition) is 10. The SMILES string of the molecule is C=CC(=O)OC(CSCC1(C)CSC(C)(CSCC(CSc2ccccc2)OC(=O)C=C)CS1)CSc1ccccc1. The lowest BCUT2D eigenvalue weighted by molar-refractivity contribution is -0.141. The molecule has 0 saturated carbocycles. The topological polar surface area (TPSA) is 52.6 Å². The largest absolute Gasteiger partial charge is 0.457 e. The lowest BCUT2D eigenvalue weighted by Gasteiger charge is -2.42. The monoisotopic (exact) mass is 680 g/mol. The number of carbonyl (C=O) groups is 2. The van der Waals surface area contributed by atoms with Gasteiger partial charge in [-0.15, -0.1) is 23.5 Å². The van der Waals surface area contributed by atoms with Gasteiger partial charge in [-0.05, 0) is 38.1 Å². The molecular weight excluding hydrogens is 641 g/mol. The van der Waals surface area contributed by atoms with Gasteiger partial charge in [-0.25, -0.2) is 9.59 Å². The van der Waals surface area contributed by atoms with Crippen LogP contribution in [0, 0.1) is 0 Å². The Kier molecular flexibility index (Phi) is 15.8. The molecule has 0 bridgehead atoms. The highest BCUT2D eigenvalue weighted by Gasteiger charge is 2.39. The van der Waals surface area contributed by atoms with Gasteiger partial charge in [-0.1, -0.05) is 49.6 Å². The quantitative estimate of drug-likeness (QED) is 0.0875. The van der Waals surface area contributed by atoms with Crippen LogP contribution >= 0.6 is 70.6 Å². The smallest absolute Gasteiger partial charge is 0.330 e. The van der Waals surface area contributed by atoms with Crippen molar-refractivity contribution in [3.8, 4) is 0 Å². The van der Waals surface area contributed by atoms with Crippen LogP contribution in [0.1, 0.15) is 13.8 Å². The summed E-state index contributed by atoms with van der Waals surface area (Å²) in [6.45, 7) is 11.8. The molecule has 0 aliphatic carbocycles. The molecule has 1 heterocycles. The van der Waals surface area contributed by atoms with E-state index in [1.54, 1.807) is 23.5 Å². The second-order valence-electron chi connectivity index (χ2n) is 10.3. The first-order chi connectivity index (χ1) is 20.2. The number of ether oxygens (including phenoxy) is 2. The van der Waals surface area contributed by atoms with Crippen LogP contribution in [0.3, 0.4) is 0 Å². The molecule has 0 aromatic heterocycles. The predicted octanol–water partition coefficient (Wildman–Crippen LogP) is 8.23. The number of thioether (sulfide) groups is 6. The molecule has 0 spiro atoms. The minimum absolute atomic E-state index is 0.160. The molecule has 4 nitrogen and oxygen atoms in total. The number of hydrogen-bond donors (Lipinski definition) is 0. The van der Waals surface area contributed by atoms with Crippen LogP contribution in [0.25, 0.3) is 0 Å². The van der Waals surface area contributed by atoms with Gasteiger partial charge in [0, 0.05) is 77.5 Å². The van der Waals surface area contributed by atoms with Crippen molar-refractivity contribution in [1.29, 1.82) is 0 Å². The Morgan fingerprint density at radius 3 is 1.45 bits per heavy atom. The third kappa shape index (κ3) is 13.3. The molecule has 10 heteroatoms. The van der Waals surface area contributed by atoms with Crippen molar-refractivity contribution in [2.24, 2.45) is 0 Å². The summed E-state index contributed by atoms with van der Waals surface area (Å²) in [6, 6.07) is 20.4. The van der Waals surface area contributed by atoms with Crippen LogP contribution in [0.15, 0.2) is 95.8 Å². The van der Waals surface area contributed by atoms with Gasteiger partial charge in [-0.3, -0.25) is 0 Å². The zero-order valence-corrected chi connectivity index (χ0v) is 29.1. The van der Waals surface area contributed by atoms with E-state index in [0.717, 1.165) is 46.0 Å². The highest BCUT2D eigenvalue weighted by molar-refractivity contribution is 8.10. The van der Waals surface area contributed by atoms with Gasteiger partial charge in [0.2, 0.25) is 0 Å². The van der Waals surface area contributed by atoms with Crippen LogP contribution in [-0.2, 0) is 19.1 Å². The van der Waals surface area contributed by atoms with E-state index in [1.807, 2.05) is 83.4 Å². The molecule has 228 valence electrons. The van der Waals surface area contributed by atoms with E-state index in [1.165, 1.54) is 21.9 Å². The summed E-state index contributed by atoms with van der Waals surface area (Å²) in [7, 11) is 0. The van der Waals surface area contributed by atoms with Gasteiger partial charge >= 0.3 is 11.9 Å². The molecule has 1 saturated heterocycles. The Balaban J connectivity index is 1.42. The third-order valence-electron chi connectivity index (χ3n) is 6.13. The van der Waals surface area contributed by atoms with E-state index in [2.05, 4.69) is 51.3 Å². The minimum atomic E-state index is -0.364. The Morgan fingerprint density at radius 1 is 0.738 bits per heavy atom. The molecule has 0 radical (unpaired) electrons. The van der Waals surface area contributed by atoms with Crippen LogP contribution < -0.4 is 0 Å². The first kappa shape index (κ1) is 35.4. The van der Waals surface area contributed by atoms with Gasteiger partial charge in [0.25, 0.3) is 0 Å². The van der Waals surface area contributed by atoms with Gasteiger partial charge in [-0.2, -0.15) is 47.0 Å². The number of benzene rings is 2. The summed E-state index contributed by atoms with van der Waals surface area (Å²) in [6.07, 6.45) is 2.15. The van der Waals surface area contributed by atoms with Gasteiger partial charge < -0.3 is 9.47 Å². The summed E-state index contributed by atoms with van der Waals surface area (Å²) in [4.78, 5) is 26.2. The Hall–Kier alpha value is -1.04. The number of rotatable bonds is 18. The lowest BCUT2D eigenvalue weighted by atomic mass is 10.2. The second kappa shape index (κ2) is 18.7. The van der Waals surface area contributed by atoms with E-state index >= 15 is 0 Å². The molecule has 2 aromatic carbocycles. The standard InChI is InChI=1S/C32H40O4S6/c1-5-29(33)35-25(19-39-27-13-9-7-10-14-27)17-37-21-31(3)23-42-32(4,24-41-31)22-38-18-26(36-30(34)6-2)20-40-28-15-11-8-12-16-28/h5-16,25-26H,1-2,17-24H2,3-4H3. The van der Waals surface area contributed by atoms with E-state index in [9.17, 15) is 9.59 Å². The first-order valence-corrected chi connectivity index (χ1v) is 19.9. The third-order valence-corrected chi connectivity index (χ3v) is 15.6. The van der Waals surface area contributed by atoms with Crippen molar-refractivity contribution in [3.05, 3.63) is 86.0 Å². The van der Waals surface area contributed by atoms with Crippen molar-refractivity contribution in [1.82, 2.24) is 0 Å². The highest BCUT2D eigenvalue weighted by atomic mass is 32.2. The first-order valence-electron chi connectivity index (χ1n) is 13.7. The van der Waals surface area contributed by atoms with Crippen molar-refractivity contribution in [3.63, 3.8) is 0 Å². The summed E-state index contributed by atoms with van der Waals surface area (Å²) in [5.74, 6) is 6.37. The minimum Gasteiger partial charge on any atom is -0.457 e. The number of esters is 2. The number of carbonyl (C=O) groups excluding carboxylic acids is 2. The lowest BCUT2D eigenvalue weighted by Crippen LogP contribution is -2.42. The summed E-state index contributed by atoms with van der Waals surface area (Å²) in [5.41, 5.74) is 0. The Bertz CT molecular complexity index is 1030. The summed E-state index contributed by atoms with van der Waals surface area (Å²) in [5, 5.41) is 0. The molecule has 0 N–H and O–H groups in total. The Morgan fingerprint density at radius 2 is 1.12 bits per heavy atom. The van der Waals surface area contributed by atoms with Gasteiger partial charge in [0.15, 0.2) is 0 Å². The highest BCUT2D eigenvalue weighted by Crippen LogP contribution is 2.47. The summed E-state index contributed by atoms with van der Waals surface area (Å²) < 4.78 is 11.6. The van der Waals surface area contributed by atoms with Gasteiger partial charge in [0.05, 0.1) is 0 Å². The Labute approximate surface area is 277 Å². The summed E-state index contributed by atoms with van der Waals surface area (Å²) >= 11 is 11.2. The zero-order valence-electron chi connectivity index (χ0n) is 24.2. The van der Waals surface area contributed by atoms with E-state index < -0.39 is 0 Å². The molecule has 0 amide bonds. The van der Waals surface area contributed by atoms with E-state index in [0.29, 0.717) is 0 Å². The maximum Gasteiger partial charge on any atom is 0.330 e.